The summed E-state index contributed by atoms with van der Waals surface area (Å²) in [4.78, 5) is 4.22. The minimum Gasteiger partial charge on any atom is -0.454 e. The summed E-state index contributed by atoms with van der Waals surface area (Å²) in [5.74, 6) is 1.05. The molecular weight excluding hydrogens is 325 g/mol. The third-order valence-corrected chi connectivity index (χ3v) is 5.38. The van der Waals surface area contributed by atoms with Crippen LogP contribution in [0.4, 0.5) is 4.39 Å². The zero-order chi connectivity index (χ0) is 14.8. The van der Waals surface area contributed by atoms with Gasteiger partial charge in [0.1, 0.15) is 16.5 Å². The Morgan fingerprint density at radius 2 is 1.95 bits per heavy atom. The lowest BCUT2D eigenvalue weighted by Crippen LogP contribution is -1.92. The van der Waals surface area contributed by atoms with Crippen molar-refractivity contribution in [1.82, 2.24) is 4.98 Å². The maximum atomic E-state index is 14.1. The highest BCUT2D eigenvalue weighted by molar-refractivity contribution is 7.26. The number of benzene rings is 2. The Labute approximate surface area is 132 Å². The van der Waals surface area contributed by atoms with Crippen LogP contribution in [-0.2, 0) is 0 Å². The standard InChI is InChI=1S/C16H7ClFNO2S/c17-16-15-13(7-2-1-3-9(18)14(7)19-16)8-4-10-11(21-6-20-10)5-12(8)22-15/h1-5H,6H2. The molecule has 4 aromatic rings. The number of fused-ring (bicyclic) bond motifs is 6. The second kappa shape index (κ2) is 4.21. The largest absolute Gasteiger partial charge is 0.454 e. The first-order valence-corrected chi connectivity index (χ1v) is 7.81. The second-order valence-electron chi connectivity index (χ2n) is 5.05. The molecule has 0 atom stereocenters. The number of hydrogen-bond donors (Lipinski definition) is 0. The van der Waals surface area contributed by atoms with Crippen LogP contribution in [0.1, 0.15) is 0 Å². The molecule has 0 bridgehead atoms. The number of halogens is 2. The first-order chi connectivity index (χ1) is 10.7. The van der Waals surface area contributed by atoms with E-state index in [0.717, 1.165) is 31.3 Å². The molecule has 2 aromatic heterocycles. The van der Waals surface area contributed by atoms with Crippen LogP contribution in [0.3, 0.4) is 0 Å². The highest BCUT2D eigenvalue weighted by Gasteiger charge is 2.20. The molecule has 3 nitrogen and oxygen atoms in total. The van der Waals surface area contributed by atoms with E-state index in [0.29, 0.717) is 10.9 Å². The second-order valence-corrected chi connectivity index (χ2v) is 6.46. The smallest absolute Gasteiger partial charge is 0.231 e. The number of pyridine rings is 1. The zero-order valence-electron chi connectivity index (χ0n) is 11.0. The molecule has 3 heterocycles. The molecule has 0 fully saturated rings. The molecule has 0 amide bonds. The Kier molecular flexibility index (Phi) is 2.38. The molecule has 0 saturated carbocycles. The van der Waals surface area contributed by atoms with E-state index >= 15 is 0 Å². The van der Waals surface area contributed by atoms with Gasteiger partial charge in [0.2, 0.25) is 6.79 Å². The maximum absolute atomic E-state index is 14.1. The van der Waals surface area contributed by atoms with E-state index in [1.54, 1.807) is 6.07 Å². The van der Waals surface area contributed by atoms with Gasteiger partial charge in [-0.2, -0.15) is 0 Å². The van der Waals surface area contributed by atoms with Crippen LogP contribution in [0.2, 0.25) is 5.15 Å². The molecule has 0 radical (unpaired) electrons. The van der Waals surface area contributed by atoms with Gasteiger partial charge in [0.25, 0.3) is 0 Å². The molecule has 5 rings (SSSR count). The SMILES string of the molecule is Fc1cccc2c1nc(Cl)c1sc3cc4c(cc3c12)OCO4. The monoisotopic (exact) mass is 331 g/mol. The summed E-state index contributed by atoms with van der Waals surface area (Å²) in [7, 11) is 0. The number of rotatable bonds is 0. The van der Waals surface area contributed by atoms with Crippen LogP contribution < -0.4 is 9.47 Å². The molecular formula is C16H7ClFNO2S. The molecule has 0 aliphatic carbocycles. The van der Waals surface area contributed by atoms with Gasteiger partial charge < -0.3 is 9.47 Å². The molecule has 1 aliphatic rings. The van der Waals surface area contributed by atoms with Crippen molar-refractivity contribution >= 4 is 54.0 Å². The normalized spacial score (nSPS) is 13.5. The molecule has 108 valence electrons. The lowest BCUT2D eigenvalue weighted by Gasteiger charge is -2.03. The van der Waals surface area contributed by atoms with Crippen molar-refractivity contribution < 1.29 is 13.9 Å². The predicted octanol–water partition coefficient (Wildman–Crippen LogP) is 5.12. The Balaban J connectivity index is 2.05. The molecule has 22 heavy (non-hydrogen) atoms. The maximum Gasteiger partial charge on any atom is 0.231 e. The van der Waals surface area contributed by atoms with Crippen molar-refractivity contribution in [3.63, 3.8) is 0 Å². The van der Waals surface area contributed by atoms with Gasteiger partial charge in [0, 0.05) is 26.9 Å². The minimum atomic E-state index is -0.374. The van der Waals surface area contributed by atoms with E-state index in [1.165, 1.54) is 17.4 Å². The Morgan fingerprint density at radius 1 is 1.14 bits per heavy atom. The van der Waals surface area contributed by atoms with E-state index < -0.39 is 0 Å². The molecule has 1 aliphatic heterocycles. The van der Waals surface area contributed by atoms with Crippen LogP contribution in [0.25, 0.3) is 31.1 Å². The van der Waals surface area contributed by atoms with Crippen LogP contribution >= 0.6 is 22.9 Å². The van der Waals surface area contributed by atoms with E-state index in [-0.39, 0.29) is 18.1 Å². The quantitative estimate of drug-likeness (QED) is 0.419. The lowest BCUT2D eigenvalue weighted by molar-refractivity contribution is 0.174. The van der Waals surface area contributed by atoms with Gasteiger partial charge in [0.15, 0.2) is 11.5 Å². The molecule has 6 heteroatoms. The lowest BCUT2D eigenvalue weighted by atomic mass is 10.1. The first kappa shape index (κ1) is 12.4. The summed E-state index contributed by atoms with van der Waals surface area (Å²) in [6.45, 7) is 0.224. The number of para-hydroxylation sites is 1. The summed E-state index contributed by atoms with van der Waals surface area (Å²) in [6, 6.07) is 8.80. The molecule has 0 saturated heterocycles. The van der Waals surface area contributed by atoms with E-state index in [4.69, 9.17) is 21.1 Å². The summed E-state index contributed by atoms with van der Waals surface area (Å²) in [5, 5.41) is 2.96. The Hall–Kier alpha value is -2.11. The van der Waals surface area contributed by atoms with Crippen molar-refractivity contribution in [3.8, 4) is 11.5 Å². The van der Waals surface area contributed by atoms with Crippen LogP contribution in [0.15, 0.2) is 30.3 Å². The van der Waals surface area contributed by atoms with Gasteiger partial charge in [-0.05, 0) is 12.1 Å². The predicted molar refractivity (Wildman–Crippen MR) is 85.7 cm³/mol. The third-order valence-electron chi connectivity index (χ3n) is 3.84. The van der Waals surface area contributed by atoms with Crippen molar-refractivity contribution in [3.05, 3.63) is 41.3 Å². The molecule has 0 spiro atoms. The van der Waals surface area contributed by atoms with Gasteiger partial charge in [0.05, 0.1) is 4.70 Å². The summed E-state index contributed by atoms with van der Waals surface area (Å²) in [6.07, 6.45) is 0. The number of hydrogen-bond acceptors (Lipinski definition) is 4. The topological polar surface area (TPSA) is 31.4 Å². The van der Waals surface area contributed by atoms with Crippen LogP contribution in [-0.4, -0.2) is 11.8 Å². The fourth-order valence-electron chi connectivity index (χ4n) is 2.88. The van der Waals surface area contributed by atoms with E-state index in [9.17, 15) is 4.39 Å². The van der Waals surface area contributed by atoms with Crippen molar-refractivity contribution in [2.75, 3.05) is 6.79 Å². The zero-order valence-corrected chi connectivity index (χ0v) is 12.6. The number of ether oxygens (including phenoxy) is 2. The first-order valence-electron chi connectivity index (χ1n) is 6.62. The minimum absolute atomic E-state index is 0.224. The highest BCUT2D eigenvalue weighted by Crippen LogP contribution is 2.46. The van der Waals surface area contributed by atoms with Gasteiger partial charge in [-0.3, -0.25) is 0 Å². The molecule has 0 N–H and O–H groups in total. The van der Waals surface area contributed by atoms with Crippen molar-refractivity contribution in [2.24, 2.45) is 0 Å². The summed E-state index contributed by atoms with van der Waals surface area (Å²) in [5.41, 5.74) is 0.289. The van der Waals surface area contributed by atoms with Crippen LogP contribution in [0.5, 0.6) is 11.5 Å². The highest BCUT2D eigenvalue weighted by atomic mass is 35.5. The summed E-state index contributed by atoms with van der Waals surface area (Å²) < 4.78 is 26.8. The van der Waals surface area contributed by atoms with E-state index in [2.05, 4.69) is 4.98 Å². The summed E-state index contributed by atoms with van der Waals surface area (Å²) >= 11 is 7.80. The number of thiophene rings is 1. The average molecular weight is 332 g/mol. The molecule has 0 unspecified atom stereocenters. The Bertz CT molecular complexity index is 1090. The number of aromatic nitrogens is 1. The fourth-order valence-corrected chi connectivity index (χ4v) is 4.28. The fraction of sp³-hybridized carbons (Fsp3) is 0.0625. The van der Waals surface area contributed by atoms with Gasteiger partial charge in [-0.25, -0.2) is 9.37 Å². The Morgan fingerprint density at radius 3 is 2.82 bits per heavy atom. The average Bonchev–Trinajstić information content (AvgIpc) is 3.10. The van der Waals surface area contributed by atoms with E-state index in [1.807, 2.05) is 18.2 Å². The van der Waals surface area contributed by atoms with Crippen molar-refractivity contribution in [2.45, 2.75) is 0 Å². The van der Waals surface area contributed by atoms with Gasteiger partial charge in [-0.1, -0.05) is 23.7 Å². The van der Waals surface area contributed by atoms with Gasteiger partial charge in [-0.15, -0.1) is 11.3 Å². The molecule has 2 aromatic carbocycles. The third kappa shape index (κ3) is 1.52. The van der Waals surface area contributed by atoms with Crippen molar-refractivity contribution in [1.29, 1.82) is 0 Å². The van der Waals surface area contributed by atoms with Crippen LogP contribution in [0, 0.1) is 5.82 Å². The van der Waals surface area contributed by atoms with Gasteiger partial charge >= 0.3 is 0 Å². The number of nitrogens with zero attached hydrogens (tertiary/aromatic N) is 1.